The van der Waals surface area contributed by atoms with Crippen LogP contribution in [0, 0.1) is 0 Å². The van der Waals surface area contributed by atoms with Crippen LogP contribution in [-0.2, 0) is 4.74 Å². The van der Waals surface area contributed by atoms with Gasteiger partial charge < -0.3 is 4.74 Å². The summed E-state index contributed by atoms with van der Waals surface area (Å²) < 4.78 is 5.59. The van der Waals surface area contributed by atoms with E-state index >= 15 is 0 Å². The molecule has 3 rings (SSSR count). The minimum Gasteiger partial charge on any atom is -0.474 e. The molecule has 1 aliphatic heterocycles. The fourth-order valence-electron chi connectivity index (χ4n) is 1.94. The highest BCUT2D eigenvalue weighted by molar-refractivity contribution is 5.93. The van der Waals surface area contributed by atoms with Crippen molar-refractivity contribution in [1.29, 1.82) is 0 Å². The monoisotopic (exact) mass is 216 g/mol. The molecule has 3 heteroatoms. The topological polar surface area (TPSA) is 34.5 Å². The van der Waals surface area contributed by atoms with Gasteiger partial charge in [0.25, 0.3) is 0 Å². The minimum atomic E-state index is 0.321. The second kappa shape index (κ2) is 3.89. The summed E-state index contributed by atoms with van der Waals surface area (Å²) in [6, 6.07) is 6.47. The molecule has 1 aliphatic carbocycles. The molecule has 0 N–H and O–H groups in total. The fraction of sp³-hybridized carbons (Fsp3) is 0.538. The van der Waals surface area contributed by atoms with Crippen molar-refractivity contribution in [1.82, 2.24) is 4.98 Å². The van der Waals surface area contributed by atoms with Crippen molar-refractivity contribution in [2.45, 2.75) is 38.1 Å². The zero-order valence-electron chi connectivity index (χ0n) is 9.52. The molecule has 0 amide bonds. The molecule has 2 heterocycles. The molecule has 1 saturated carbocycles. The molecular formula is C13H16N2O. The fourth-order valence-corrected chi connectivity index (χ4v) is 1.94. The number of pyridine rings is 1. The highest BCUT2D eigenvalue weighted by atomic mass is 16.5. The first kappa shape index (κ1) is 9.82. The first-order valence-electron chi connectivity index (χ1n) is 6.04. The maximum atomic E-state index is 5.59. The Morgan fingerprint density at radius 2 is 2.25 bits per heavy atom. The van der Waals surface area contributed by atoms with Crippen molar-refractivity contribution in [3.05, 3.63) is 29.6 Å². The molecule has 1 fully saturated rings. The third kappa shape index (κ3) is 1.82. The van der Waals surface area contributed by atoms with E-state index in [2.05, 4.69) is 29.0 Å². The first-order valence-corrected chi connectivity index (χ1v) is 6.04. The van der Waals surface area contributed by atoms with Crippen LogP contribution in [-0.4, -0.2) is 23.5 Å². The third-order valence-electron chi connectivity index (χ3n) is 3.17. The molecule has 0 saturated heterocycles. The Morgan fingerprint density at radius 1 is 1.38 bits per heavy atom. The van der Waals surface area contributed by atoms with E-state index in [1.54, 1.807) is 0 Å². The summed E-state index contributed by atoms with van der Waals surface area (Å²) in [7, 11) is 0. The van der Waals surface area contributed by atoms with E-state index in [0.29, 0.717) is 18.6 Å². The molecule has 0 unspecified atom stereocenters. The lowest BCUT2D eigenvalue weighted by Gasteiger charge is -2.02. The van der Waals surface area contributed by atoms with Crippen molar-refractivity contribution < 1.29 is 4.74 Å². The summed E-state index contributed by atoms with van der Waals surface area (Å²) in [6.07, 6.45) is 3.59. The summed E-state index contributed by atoms with van der Waals surface area (Å²) in [4.78, 5) is 9.16. The van der Waals surface area contributed by atoms with E-state index in [1.807, 2.05) is 6.07 Å². The second-order valence-electron chi connectivity index (χ2n) is 4.53. The lowest BCUT2D eigenvalue weighted by molar-refractivity contribution is 0.314. The summed E-state index contributed by atoms with van der Waals surface area (Å²) >= 11 is 0. The number of hydrogen-bond acceptors (Lipinski definition) is 3. The summed E-state index contributed by atoms with van der Waals surface area (Å²) in [5.41, 5.74) is 2.10. The SMILES string of the molecule is CC[C@H]1COC(c2cccc(C3CC3)n2)=N1. The van der Waals surface area contributed by atoms with Crippen LogP contribution >= 0.6 is 0 Å². The number of hydrogen-bond donors (Lipinski definition) is 0. The van der Waals surface area contributed by atoms with Crippen molar-refractivity contribution in [2.75, 3.05) is 6.61 Å². The maximum absolute atomic E-state index is 5.59. The summed E-state index contributed by atoms with van der Waals surface area (Å²) in [5.74, 6) is 1.42. The van der Waals surface area contributed by atoms with Crippen LogP contribution in [0.3, 0.4) is 0 Å². The molecule has 0 aromatic carbocycles. The maximum Gasteiger partial charge on any atom is 0.235 e. The van der Waals surface area contributed by atoms with Gasteiger partial charge in [-0.25, -0.2) is 9.98 Å². The van der Waals surface area contributed by atoms with Crippen LogP contribution in [0.5, 0.6) is 0 Å². The predicted octanol–water partition coefficient (Wildman–Crippen LogP) is 2.51. The molecule has 2 aliphatic rings. The van der Waals surface area contributed by atoms with Gasteiger partial charge in [-0.05, 0) is 31.4 Å². The zero-order chi connectivity index (χ0) is 11.0. The van der Waals surface area contributed by atoms with Crippen LogP contribution in [0.4, 0.5) is 0 Å². The van der Waals surface area contributed by atoms with Gasteiger partial charge in [0.05, 0.1) is 6.04 Å². The predicted molar refractivity (Wildman–Crippen MR) is 62.8 cm³/mol. The number of aliphatic imine (C=N–C) groups is 1. The number of ether oxygens (including phenoxy) is 1. The summed E-state index contributed by atoms with van der Waals surface area (Å²) in [5, 5.41) is 0. The van der Waals surface area contributed by atoms with Gasteiger partial charge in [0.2, 0.25) is 5.90 Å². The molecule has 16 heavy (non-hydrogen) atoms. The van der Waals surface area contributed by atoms with Gasteiger partial charge in [-0.2, -0.15) is 0 Å². The van der Waals surface area contributed by atoms with Crippen molar-refractivity contribution in [3.8, 4) is 0 Å². The standard InChI is InChI=1S/C13H16N2O/c1-2-10-8-16-13(14-10)12-5-3-4-11(15-12)9-6-7-9/h3-5,9-10H,2,6-8H2,1H3/t10-/m0/s1. The highest BCUT2D eigenvalue weighted by Crippen LogP contribution is 2.38. The van der Waals surface area contributed by atoms with Gasteiger partial charge in [0.1, 0.15) is 12.3 Å². The Labute approximate surface area is 95.6 Å². The van der Waals surface area contributed by atoms with Gasteiger partial charge in [0, 0.05) is 11.6 Å². The van der Waals surface area contributed by atoms with Crippen LogP contribution in [0.25, 0.3) is 0 Å². The average molecular weight is 216 g/mol. The van der Waals surface area contributed by atoms with E-state index in [0.717, 1.165) is 18.0 Å². The first-order chi connectivity index (χ1) is 7.86. The van der Waals surface area contributed by atoms with Gasteiger partial charge >= 0.3 is 0 Å². The average Bonchev–Trinajstić information content (AvgIpc) is 3.07. The lowest BCUT2D eigenvalue weighted by atomic mass is 10.2. The van der Waals surface area contributed by atoms with E-state index < -0.39 is 0 Å². The van der Waals surface area contributed by atoms with E-state index in [-0.39, 0.29) is 0 Å². The Bertz CT molecular complexity index is 424. The number of rotatable bonds is 3. The van der Waals surface area contributed by atoms with Crippen LogP contribution < -0.4 is 0 Å². The van der Waals surface area contributed by atoms with Gasteiger partial charge in [-0.15, -0.1) is 0 Å². The molecule has 0 radical (unpaired) electrons. The quantitative estimate of drug-likeness (QED) is 0.778. The van der Waals surface area contributed by atoms with Crippen LogP contribution in [0.15, 0.2) is 23.2 Å². The molecule has 0 bridgehead atoms. The molecule has 1 aromatic rings. The molecule has 3 nitrogen and oxygen atoms in total. The molecule has 1 aromatic heterocycles. The molecular weight excluding hydrogens is 200 g/mol. The van der Waals surface area contributed by atoms with Crippen LogP contribution in [0.1, 0.15) is 43.5 Å². The normalized spacial score (nSPS) is 24.1. The van der Waals surface area contributed by atoms with Crippen molar-refractivity contribution in [2.24, 2.45) is 4.99 Å². The van der Waals surface area contributed by atoms with Gasteiger partial charge in [-0.1, -0.05) is 13.0 Å². The molecule has 0 spiro atoms. The molecule has 84 valence electrons. The Morgan fingerprint density at radius 3 is 2.94 bits per heavy atom. The smallest absolute Gasteiger partial charge is 0.235 e. The van der Waals surface area contributed by atoms with Crippen molar-refractivity contribution in [3.63, 3.8) is 0 Å². The van der Waals surface area contributed by atoms with E-state index in [1.165, 1.54) is 18.5 Å². The molecule has 1 atom stereocenters. The van der Waals surface area contributed by atoms with Gasteiger partial charge in [-0.3, -0.25) is 0 Å². The Hall–Kier alpha value is -1.38. The summed E-state index contributed by atoms with van der Waals surface area (Å²) in [6.45, 7) is 2.84. The Kier molecular flexibility index (Phi) is 2.39. The van der Waals surface area contributed by atoms with E-state index in [9.17, 15) is 0 Å². The highest BCUT2D eigenvalue weighted by Gasteiger charge is 2.26. The number of aromatic nitrogens is 1. The lowest BCUT2D eigenvalue weighted by Crippen LogP contribution is -2.05. The van der Waals surface area contributed by atoms with Crippen LogP contribution in [0.2, 0.25) is 0 Å². The Balaban J connectivity index is 1.86. The zero-order valence-corrected chi connectivity index (χ0v) is 9.52. The third-order valence-corrected chi connectivity index (χ3v) is 3.17. The van der Waals surface area contributed by atoms with E-state index in [4.69, 9.17) is 4.74 Å². The largest absolute Gasteiger partial charge is 0.474 e. The minimum absolute atomic E-state index is 0.321. The van der Waals surface area contributed by atoms with Gasteiger partial charge in [0.15, 0.2) is 0 Å². The number of nitrogens with zero attached hydrogens (tertiary/aromatic N) is 2. The second-order valence-corrected chi connectivity index (χ2v) is 4.53. The van der Waals surface area contributed by atoms with Crippen molar-refractivity contribution >= 4 is 5.90 Å².